The van der Waals surface area contributed by atoms with Crippen LogP contribution in [0.2, 0.25) is 5.02 Å². The molecule has 1 fully saturated rings. The van der Waals surface area contributed by atoms with Gasteiger partial charge in [0, 0.05) is 35.6 Å². The first-order chi connectivity index (χ1) is 19.6. The van der Waals surface area contributed by atoms with Crippen LogP contribution in [0.1, 0.15) is 53.6 Å². The number of nitrogens with zero attached hydrogens (tertiary/aromatic N) is 1. The molecule has 4 atom stereocenters. The van der Waals surface area contributed by atoms with Crippen LogP contribution < -0.4 is 19.1 Å². The van der Waals surface area contributed by atoms with Crippen molar-refractivity contribution in [3.63, 3.8) is 0 Å². The average molecular weight is 600 g/mol. The summed E-state index contributed by atoms with van der Waals surface area (Å²) in [6.45, 7) is 9.31. The normalized spacial score (nSPS) is 24.2. The highest BCUT2D eigenvalue weighted by Crippen LogP contribution is 2.46. The van der Waals surface area contributed by atoms with E-state index in [1.165, 1.54) is 11.1 Å². The smallest absolute Gasteiger partial charge is 0.301 e. The van der Waals surface area contributed by atoms with Crippen molar-refractivity contribution in [3.05, 3.63) is 83.4 Å². The topological polar surface area (TPSA) is 108 Å². The first kappa shape index (κ1) is 29.6. The van der Waals surface area contributed by atoms with Crippen molar-refractivity contribution >= 4 is 33.4 Å². The lowest BCUT2D eigenvalue weighted by molar-refractivity contribution is 0.0460. The molecule has 3 aliphatic rings. The van der Waals surface area contributed by atoms with Crippen molar-refractivity contribution in [2.24, 2.45) is 11.8 Å². The summed E-state index contributed by atoms with van der Waals surface area (Å²) in [6.07, 6.45) is 7.89. The van der Waals surface area contributed by atoms with Crippen molar-refractivity contribution < 1.29 is 23.1 Å². The van der Waals surface area contributed by atoms with E-state index in [0.29, 0.717) is 31.9 Å². The van der Waals surface area contributed by atoms with Crippen molar-refractivity contribution in [1.29, 1.82) is 0 Å². The van der Waals surface area contributed by atoms with Gasteiger partial charge in [-0.1, -0.05) is 29.8 Å². The summed E-state index contributed by atoms with van der Waals surface area (Å²) in [5, 5.41) is 11.3. The van der Waals surface area contributed by atoms with E-state index < -0.39 is 22.2 Å². The summed E-state index contributed by atoms with van der Waals surface area (Å²) >= 11 is 6.36. The zero-order chi connectivity index (χ0) is 29.2. The van der Waals surface area contributed by atoms with E-state index in [1.54, 1.807) is 30.4 Å². The van der Waals surface area contributed by atoms with Gasteiger partial charge in [-0.2, -0.15) is 13.1 Å². The number of benzene rings is 2. The maximum Gasteiger partial charge on any atom is 0.301 e. The van der Waals surface area contributed by atoms with Gasteiger partial charge >= 0.3 is 10.2 Å². The highest BCUT2D eigenvalue weighted by atomic mass is 35.5. The number of ether oxygens (including phenoxy) is 1. The van der Waals surface area contributed by atoms with Crippen molar-refractivity contribution in [2.45, 2.75) is 50.0 Å². The summed E-state index contributed by atoms with van der Waals surface area (Å²) < 4.78 is 35.7. The van der Waals surface area contributed by atoms with Crippen LogP contribution in [0.15, 0.2) is 61.7 Å². The quantitative estimate of drug-likeness (QED) is 0.274. The molecule has 0 aromatic heterocycles. The standard InChI is InChI=1S/C31H38ClN3O5S/c1-3-5-15-33-41(38,39)34-30(37)22-9-13-29-27(17-22)35(18-23-8-11-25(23)28(36)4-2)19-31(20-40-29)14-6-7-21-16-24(32)10-12-26(21)31/h3-4,9-10,12-13,16-17,23,25,28,33,36H,1-2,5-8,11,14-15,18-20H2,(H,34,37)/t23-,25+,28-,31-/m0/s1. The van der Waals surface area contributed by atoms with Crippen LogP contribution in [-0.2, 0) is 22.0 Å². The van der Waals surface area contributed by atoms with E-state index in [1.807, 2.05) is 6.07 Å². The van der Waals surface area contributed by atoms with Crippen LogP contribution >= 0.6 is 11.6 Å². The third kappa shape index (κ3) is 6.33. The number of aliphatic hydroxyl groups is 1. The van der Waals surface area contributed by atoms with E-state index in [4.69, 9.17) is 16.3 Å². The van der Waals surface area contributed by atoms with Crippen LogP contribution in [0.3, 0.4) is 0 Å². The molecule has 2 aliphatic carbocycles. The van der Waals surface area contributed by atoms with E-state index >= 15 is 0 Å². The largest absolute Gasteiger partial charge is 0.490 e. The third-order valence-electron chi connectivity index (χ3n) is 8.78. The number of carbonyl (C=O) groups is 1. The number of hydrogen-bond acceptors (Lipinski definition) is 6. The minimum atomic E-state index is -4.03. The molecule has 1 aliphatic heterocycles. The van der Waals surface area contributed by atoms with Crippen LogP contribution in [0.5, 0.6) is 5.75 Å². The Morgan fingerprint density at radius 3 is 2.80 bits per heavy atom. The van der Waals surface area contributed by atoms with E-state index in [0.717, 1.165) is 42.8 Å². The molecule has 1 saturated carbocycles. The Kier molecular flexibility index (Phi) is 8.80. The lowest BCUT2D eigenvalue weighted by atomic mass is 9.68. The number of hydrogen-bond donors (Lipinski definition) is 3. The molecule has 1 heterocycles. The van der Waals surface area contributed by atoms with Crippen molar-refractivity contribution in [2.75, 3.05) is 31.1 Å². The number of aryl methyl sites for hydroxylation is 1. The molecule has 220 valence electrons. The lowest BCUT2D eigenvalue weighted by Gasteiger charge is -2.45. The van der Waals surface area contributed by atoms with E-state index in [9.17, 15) is 18.3 Å². The van der Waals surface area contributed by atoms with Gasteiger partial charge in [-0.25, -0.2) is 4.72 Å². The predicted octanol–water partition coefficient (Wildman–Crippen LogP) is 4.53. The molecule has 2 aromatic rings. The molecule has 2 aromatic carbocycles. The second-order valence-corrected chi connectivity index (χ2v) is 13.4. The zero-order valence-electron chi connectivity index (χ0n) is 23.1. The van der Waals surface area contributed by atoms with Gasteiger partial charge in [0.15, 0.2) is 0 Å². The summed E-state index contributed by atoms with van der Waals surface area (Å²) in [4.78, 5) is 15.3. The van der Waals surface area contributed by atoms with Crippen LogP contribution in [0, 0.1) is 11.8 Å². The van der Waals surface area contributed by atoms with Gasteiger partial charge in [-0.15, -0.1) is 13.2 Å². The third-order valence-corrected chi connectivity index (χ3v) is 10.1. The number of anilines is 1. The van der Waals surface area contributed by atoms with Gasteiger partial charge < -0.3 is 14.7 Å². The Balaban J connectivity index is 1.48. The van der Waals surface area contributed by atoms with Gasteiger partial charge in [-0.3, -0.25) is 4.79 Å². The number of carbonyl (C=O) groups excluding carboxylic acids is 1. The van der Waals surface area contributed by atoms with E-state index in [2.05, 4.69) is 39.6 Å². The maximum atomic E-state index is 13.1. The fourth-order valence-electron chi connectivity index (χ4n) is 6.50. The number of aliphatic hydroxyl groups excluding tert-OH is 1. The monoisotopic (exact) mass is 599 g/mol. The summed E-state index contributed by atoms with van der Waals surface area (Å²) in [7, 11) is -4.03. The number of amides is 1. The predicted molar refractivity (Wildman–Crippen MR) is 162 cm³/mol. The molecule has 1 amide bonds. The molecule has 41 heavy (non-hydrogen) atoms. The van der Waals surface area contributed by atoms with Gasteiger partial charge in [-0.05, 0) is 91.8 Å². The van der Waals surface area contributed by atoms with Crippen LogP contribution in [0.25, 0.3) is 0 Å². The minimum absolute atomic E-state index is 0.117. The molecule has 10 heteroatoms. The fourth-order valence-corrected chi connectivity index (χ4v) is 7.51. The number of fused-ring (bicyclic) bond motifs is 3. The molecular formula is C31H38ClN3O5S. The molecule has 8 nitrogen and oxygen atoms in total. The first-order valence-corrected chi connectivity index (χ1v) is 16.0. The average Bonchev–Trinajstić information content (AvgIpc) is 3.07. The van der Waals surface area contributed by atoms with Gasteiger partial charge in [0.1, 0.15) is 5.75 Å². The number of nitrogens with one attached hydrogen (secondary N) is 2. The SMILES string of the molecule is C=CCCNS(=O)(=O)NC(=O)c1ccc2c(c1)N(C[C@@H]1CC[C@H]1[C@@H](O)C=C)C[C@@]1(CCCc3cc(Cl)ccc31)CO2. The Hall–Kier alpha value is -2.85. The molecule has 0 radical (unpaired) electrons. The summed E-state index contributed by atoms with van der Waals surface area (Å²) in [5.74, 6) is 0.281. The fraction of sp³-hybridized carbons (Fsp3) is 0.452. The maximum absolute atomic E-state index is 13.1. The number of rotatable bonds is 10. The Labute approximate surface area is 247 Å². The number of halogens is 1. The van der Waals surface area contributed by atoms with Gasteiger partial charge in [0.25, 0.3) is 5.91 Å². The molecule has 0 saturated heterocycles. The molecule has 3 N–H and O–H groups in total. The molecule has 5 rings (SSSR count). The van der Waals surface area contributed by atoms with E-state index in [-0.39, 0.29) is 29.4 Å². The Bertz CT molecular complexity index is 1430. The lowest BCUT2D eigenvalue weighted by Crippen LogP contribution is -2.49. The Morgan fingerprint density at radius 1 is 1.24 bits per heavy atom. The van der Waals surface area contributed by atoms with Gasteiger partial charge in [0.05, 0.1) is 18.4 Å². The highest BCUT2D eigenvalue weighted by Gasteiger charge is 2.44. The van der Waals surface area contributed by atoms with Crippen molar-refractivity contribution in [1.82, 2.24) is 9.44 Å². The van der Waals surface area contributed by atoms with Crippen LogP contribution in [0.4, 0.5) is 5.69 Å². The minimum Gasteiger partial charge on any atom is -0.490 e. The molecule has 0 bridgehead atoms. The second kappa shape index (κ2) is 12.2. The highest BCUT2D eigenvalue weighted by molar-refractivity contribution is 7.88. The summed E-state index contributed by atoms with van der Waals surface area (Å²) in [6, 6.07) is 11.2. The second-order valence-electron chi connectivity index (χ2n) is 11.4. The van der Waals surface area contributed by atoms with Crippen molar-refractivity contribution in [3.8, 4) is 5.75 Å². The molecular weight excluding hydrogens is 562 g/mol. The van der Waals surface area contributed by atoms with Gasteiger partial charge in [0.2, 0.25) is 0 Å². The zero-order valence-corrected chi connectivity index (χ0v) is 24.7. The molecule has 1 spiro atoms. The molecule has 0 unspecified atom stereocenters. The first-order valence-electron chi connectivity index (χ1n) is 14.2. The Morgan fingerprint density at radius 2 is 2.07 bits per heavy atom. The van der Waals surface area contributed by atoms with Crippen LogP contribution in [-0.4, -0.2) is 51.8 Å². The summed E-state index contributed by atoms with van der Waals surface area (Å²) in [5.41, 5.74) is 3.14.